The van der Waals surface area contributed by atoms with Gasteiger partial charge in [-0.05, 0) is 50.8 Å². The summed E-state index contributed by atoms with van der Waals surface area (Å²) in [5.74, 6) is 0. The molecule has 3 rings (SSSR count). The van der Waals surface area contributed by atoms with Crippen molar-refractivity contribution in [1.82, 2.24) is 0 Å². The van der Waals surface area contributed by atoms with E-state index in [0.29, 0.717) is 0 Å². The summed E-state index contributed by atoms with van der Waals surface area (Å²) in [6.45, 7) is 4.17. The van der Waals surface area contributed by atoms with E-state index >= 15 is 0 Å². The Balaban J connectivity index is 1.81. The number of aliphatic imine (C=N–C) groups is 1. The zero-order valence-electron chi connectivity index (χ0n) is 13.7. The molecule has 1 fully saturated rings. The molecular weight excluding hydrogens is 302 g/mol. The molecule has 1 aliphatic rings. The van der Waals surface area contributed by atoms with Gasteiger partial charge in [0.05, 0.1) is 22.1 Å². The zero-order valence-corrected chi connectivity index (χ0v) is 14.6. The Morgan fingerprint density at radius 2 is 1.78 bits per heavy atom. The first-order valence-corrected chi connectivity index (χ1v) is 9.45. The largest absolute Gasteiger partial charge is 0.285 e. The molecule has 0 N–H and O–H groups in total. The average Bonchev–Trinajstić information content (AvgIpc) is 3.04. The molecule has 0 radical (unpaired) electrons. The standard InChI is InChI=1S/C20H23NOS/c1-15-11-13-18(14-12-15)23(22)20-10-6-9-19(20)21-16(2)17-7-4-3-5-8-17/h3-5,7-8,11-14,16,20H,6,9-10H2,1-2H3/t16-,20?,23?/m0/s1. The second kappa shape index (κ2) is 7.22. The number of hydrogen-bond donors (Lipinski definition) is 0. The third kappa shape index (κ3) is 3.78. The highest BCUT2D eigenvalue weighted by Gasteiger charge is 2.29. The molecule has 1 saturated carbocycles. The Morgan fingerprint density at radius 1 is 1.09 bits per heavy atom. The molecule has 2 unspecified atom stereocenters. The number of benzene rings is 2. The van der Waals surface area contributed by atoms with Gasteiger partial charge in [0.15, 0.2) is 0 Å². The van der Waals surface area contributed by atoms with E-state index in [1.165, 1.54) is 11.1 Å². The molecule has 2 nitrogen and oxygen atoms in total. The molecule has 0 amide bonds. The van der Waals surface area contributed by atoms with Gasteiger partial charge in [0.25, 0.3) is 0 Å². The van der Waals surface area contributed by atoms with Crippen LogP contribution in [0.3, 0.4) is 0 Å². The number of aryl methyl sites for hydroxylation is 1. The summed E-state index contributed by atoms with van der Waals surface area (Å²) in [5.41, 5.74) is 3.54. The number of nitrogens with zero attached hydrogens (tertiary/aromatic N) is 1. The van der Waals surface area contributed by atoms with Gasteiger partial charge in [-0.25, -0.2) is 0 Å². The monoisotopic (exact) mass is 325 g/mol. The van der Waals surface area contributed by atoms with Gasteiger partial charge in [0.1, 0.15) is 0 Å². The highest BCUT2D eigenvalue weighted by Crippen LogP contribution is 2.28. The fourth-order valence-electron chi connectivity index (χ4n) is 3.07. The third-order valence-electron chi connectivity index (χ3n) is 4.42. The highest BCUT2D eigenvalue weighted by molar-refractivity contribution is 7.86. The van der Waals surface area contributed by atoms with Crippen LogP contribution in [0.15, 0.2) is 64.5 Å². The van der Waals surface area contributed by atoms with Gasteiger partial charge in [0.2, 0.25) is 0 Å². The van der Waals surface area contributed by atoms with E-state index in [2.05, 4.69) is 26.0 Å². The lowest BCUT2D eigenvalue weighted by Gasteiger charge is -2.14. The van der Waals surface area contributed by atoms with E-state index < -0.39 is 10.8 Å². The lowest BCUT2D eigenvalue weighted by atomic mass is 10.1. The molecule has 0 aliphatic heterocycles. The van der Waals surface area contributed by atoms with Gasteiger partial charge in [-0.3, -0.25) is 9.20 Å². The number of rotatable bonds is 4. The SMILES string of the molecule is Cc1ccc(S(=O)C2CCCC2=N[C@@H](C)c2ccccc2)cc1. The molecule has 0 bridgehead atoms. The van der Waals surface area contributed by atoms with Crippen molar-refractivity contribution < 1.29 is 4.21 Å². The van der Waals surface area contributed by atoms with Crippen LogP contribution in [0.4, 0.5) is 0 Å². The quantitative estimate of drug-likeness (QED) is 0.789. The van der Waals surface area contributed by atoms with Crippen molar-refractivity contribution in [3.8, 4) is 0 Å². The van der Waals surface area contributed by atoms with Gasteiger partial charge in [-0.15, -0.1) is 0 Å². The summed E-state index contributed by atoms with van der Waals surface area (Å²) < 4.78 is 12.9. The topological polar surface area (TPSA) is 29.4 Å². The van der Waals surface area contributed by atoms with Crippen molar-refractivity contribution in [3.05, 3.63) is 65.7 Å². The fourth-order valence-corrected chi connectivity index (χ4v) is 4.61. The van der Waals surface area contributed by atoms with Gasteiger partial charge in [0, 0.05) is 10.6 Å². The smallest absolute Gasteiger partial charge is 0.0772 e. The Hall–Kier alpha value is -1.74. The van der Waals surface area contributed by atoms with Crippen molar-refractivity contribution in [3.63, 3.8) is 0 Å². The van der Waals surface area contributed by atoms with Crippen LogP contribution in [-0.2, 0) is 10.8 Å². The maximum atomic E-state index is 12.9. The highest BCUT2D eigenvalue weighted by atomic mass is 32.2. The van der Waals surface area contributed by atoms with Gasteiger partial charge >= 0.3 is 0 Å². The molecule has 3 atom stereocenters. The lowest BCUT2D eigenvalue weighted by molar-refractivity contribution is 0.677. The predicted octanol–water partition coefficient (Wildman–Crippen LogP) is 4.86. The molecule has 2 aromatic rings. The summed E-state index contributed by atoms with van der Waals surface area (Å²) in [6, 6.07) is 18.5. The summed E-state index contributed by atoms with van der Waals surface area (Å²) in [5, 5.41) is 0.0730. The molecule has 23 heavy (non-hydrogen) atoms. The first-order valence-electron chi connectivity index (χ1n) is 8.24. The molecule has 1 aliphatic carbocycles. The molecule has 2 aromatic carbocycles. The average molecular weight is 325 g/mol. The normalized spacial score (nSPS) is 22.2. The van der Waals surface area contributed by atoms with Crippen LogP contribution in [-0.4, -0.2) is 15.2 Å². The van der Waals surface area contributed by atoms with Crippen molar-refractivity contribution in [1.29, 1.82) is 0 Å². The summed E-state index contributed by atoms with van der Waals surface area (Å²) in [7, 11) is -1.00. The summed E-state index contributed by atoms with van der Waals surface area (Å²) in [4.78, 5) is 5.83. The zero-order chi connectivity index (χ0) is 16.2. The second-order valence-corrected chi connectivity index (χ2v) is 7.83. The van der Waals surface area contributed by atoms with Crippen molar-refractivity contribution in [2.75, 3.05) is 0 Å². The molecule has 0 heterocycles. The molecular formula is C20H23NOS. The number of hydrogen-bond acceptors (Lipinski definition) is 2. The molecule has 120 valence electrons. The van der Waals surface area contributed by atoms with Crippen molar-refractivity contribution >= 4 is 16.5 Å². The maximum absolute atomic E-state index is 12.9. The Bertz CT molecular complexity index is 706. The predicted molar refractivity (Wildman–Crippen MR) is 97.5 cm³/mol. The second-order valence-electron chi connectivity index (χ2n) is 6.20. The van der Waals surface area contributed by atoms with Crippen LogP contribution < -0.4 is 0 Å². The third-order valence-corrected chi connectivity index (χ3v) is 6.19. The van der Waals surface area contributed by atoms with Crippen LogP contribution in [0.25, 0.3) is 0 Å². The minimum absolute atomic E-state index is 0.0730. The van der Waals surface area contributed by atoms with Crippen LogP contribution in [0.1, 0.15) is 43.4 Å². The Morgan fingerprint density at radius 3 is 2.48 bits per heavy atom. The van der Waals surface area contributed by atoms with Crippen LogP contribution >= 0.6 is 0 Å². The lowest BCUT2D eigenvalue weighted by Crippen LogP contribution is -2.21. The van der Waals surface area contributed by atoms with E-state index in [-0.39, 0.29) is 11.3 Å². The van der Waals surface area contributed by atoms with Crippen molar-refractivity contribution in [2.45, 2.75) is 49.3 Å². The Labute approximate surface area is 141 Å². The van der Waals surface area contributed by atoms with Crippen LogP contribution in [0.5, 0.6) is 0 Å². The van der Waals surface area contributed by atoms with Gasteiger partial charge in [-0.2, -0.15) is 0 Å². The van der Waals surface area contributed by atoms with E-state index in [9.17, 15) is 4.21 Å². The first kappa shape index (κ1) is 16.1. The minimum atomic E-state index is -1.00. The van der Waals surface area contributed by atoms with E-state index in [0.717, 1.165) is 29.9 Å². The molecule has 0 spiro atoms. The molecule has 0 aromatic heterocycles. The van der Waals surface area contributed by atoms with Crippen molar-refractivity contribution in [2.24, 2.45) is 4.99 Å². The van der Waals surface area contributed by atoms with E-state index in [4.69, 9.17) is 4.99 Å². The molecule has 3 heteroatoms. The van der Waals surface area contributed by atoms with Gasteiger partial charge in [-0.1, -0.05) is 48.0 Å². The Kier molecular flexibility index (Phi) is 5.06. The minimum Gasteiger partial charge on any atom is -0.285 e. The maximum Gasteiger partial charge on any atom is 0.0772 e. The fraction of sp³-hybridized carbons (Fsp3) is 0.350. The van der Waals surface area contributed by atoms with Crippen LogP contribution in [0.2, 0.25) is 0 Å². The van der Waals surface area contributed by atoms with Gasteiger partial charge < -0.3 is 0 Å². The van der Waals surface area contributed by atoms with E-state index in [1.807, 2.05) is 42.5 Å². The van der Waals surface area contributed by atoms with Crippen LogP contribution in [0, 0.1) is 6.92 Å². The first-order chi connectivity index (χ1) is 11.1. The molecule has 0 saturated heterocycles. The van der Waals surface area contributed by atoms with E-state index in [1.54, 1.807) is 0 Å². The summed E-state index contributed by atoms with van der Waals surface area (Å²) >= 11 is 0. The summed E-state index contributed by atoms with van der Waals surface area (Å²) in [6.07, 6.45) is 3.03.